The number of hydrogen-bond acceptors (Lipinski definition) is 2. The van der Waals surface area contributed by atoms with E-state index in [0.717, 1.165) is 40.8 Å². The van der Waals surface area contributed by atoms with Crippen LogP contribution < -0.4 is 5.73 Å². The minimum absolute atomic E-state index is 0.0882. The molecule has 0 bridgehead atoms. The van der Waals surface area contributed by atoms with Gasteiger partial charge in [-0.2, -0.15) is 39.5 Å². The quantitative estimate of drug-likeness (QED) is 0.185. The number of carbonyl (C=O) groups excluding carboxylic acids is 1. The summed E-state index contributed by atoms with van der Waals surface area (Å²) in [5.74, 6) is -2.56. The van der Waals surface area contributed by atoms with E-state index in [1.54, 1.807) is 0 Å². The van der Waals surface area contributed by atoms with E-state index in [9.17, 15) is 53.1 Å². The van der Waals surface area contributed by atoms with Crippen LogP contribution in [0.3, 0.4) is 0 Å². The van der Waals surface area contributed by atoms with Crippen LogP contribution >= 0.6 is 22.6 Å². The van der Waals surface area contributed by atoms with Crippen LogP contribution in [0.5, 0.6) is 0 Å². The van der Waals surface area contributed by atoms with E-state index in [2.05, 4.69) is 0 Å². The Kier molecular flexibility index (Phi) is 6.80. The molecule has 0 atom stereocenters. The number of nitrogens with two attached hydrogens (primary N) is 1. The molecule has 0 fully saturated rings. The Balaban J connectivity index is 2.72. The van der Waals surface area contributed by atoms with Gasteiger partial charge in [-0.05, 0) is 52.4 Å². The van der Waals surface area contributed by atoms with E-state index in [0.29, 0.717) is 0 Å². The van der Waals surface area contributed by atoms with E-state index >= 15 is 0 Å². The number of halogens is 12. The lowest BCUT2D eigenvalue weighted by Crippen LogP contribution is -2.50. The summed E-state index contributed by atoms with van der Waals surface area (Å²) in [5.41, 5.74) is -7.63. The van der Waals surface area contributed by atoms with Crippen LogP contribution in [0.1, 0.15) is 27.0 Å². The molecule has 2 rings (SSSR count). The van der Waals surface area contributed by atoms with Crippen molar-refractivity contribution in [1.82, 2.24) is 0 Å². The summed E-state index contributed by atoms with van der Waals surface area (Å²) in [4.78, 5) is 12.3. The summed E-state index contributed by atoms with van der Waals surface area (Å²) in [7, 11) is 0. The van der Waals surface area contributed by atoms with Gasteiger partial charge in [0.1, 0.15) is 0 Å². The van der Waals surface area contributed by atoms with Crippen molar-refractivity contribution in [3.8, 4) is 0 Å². The Morgan fingerprint density at radius 1 is 0.906 bits per heavy atom. The Morgan fingerprint density at radius 2 is 1.44 bits per heavy atom. The molecule has 0 aliphatic heterocycles. The second-order valence-corrected chi connectivity index (χ2v) is 7.61. The van der Waals surface area contributed by atoms with E-state index in [-0.39, 0.29) is 6.07 Å². The summed E-state index contributed by atoms with van der Waals surface area (Å²) in [6.45, 7) is 0. The molecule has 2 aromatic rings. The lowest BCUT2D eigenvalue weighted by molar-refractivity contribution is -0.348. The summed E-state index contributed by atoms with van der Waals surface area (Å²) in [6.07, 6.45) is -20.1. The number of nitrogen functional groups attached to an aromatic ring is 1. The standard InChI is InChI=1S/C18H9F11INO/c19-14-8(2-1-3-12(14)31)13(32)6-9-10(16(21,22)23)4-7(5-11(9)30)15(20,17(24,25)26)18(27,28)29/h1-5H,6,31H2. The molecule has 0 aromatic heterocycles. The number of anilines is 1. The van der Waals surface area contributed by atoms with Crippen LogP contribution in [0, 0.1) is 9.39 Å². The third-order valence-electron chi connectivity index (χ3n) is 4.35. The topological polar surface area (TPSA) is 43.1 Å². The third-order valence-corrected chi connectivity index (χ3v) is 5.31. The molecule has 0 radical (unpaired) electrons. The first-order chi connectivity index (χ1) is 14.3. The number of carbonyl (C=O) groups is 1. The molecule has 0 heterocycles. The molecule has 0 aliphatic carbocycles. The highest BCUT2D eigenvalue weighted by atomic mass is 127. The van der Waals surface area contributed by atoms with E-state index in [1.807, 2.05) is 0 Å². The van der Waals surface area contributed by atoms with Crippen molar-refractivity contribution < 1.29 is 53.1 Å². The number of benzene rings is 2. The summed E-state index contributed by atoms with van der Waals surface area (Å²) < 4.78 is 146. The minimum atomic E-state index is -6.64. The molecule has 0 saturated carbocycles. The fraction of sp³-hybridized carbons (Fsp3) is 0.278. The van der Waals surface area contributed by atoms with Crippen LogP contribution in [-0.4, -0.2) is 18.1 Å². The predicted molar refractivity (Wildman–Crippen MR) is 97.9 cm³/mol. The molecule has 0 unspecified atom stereocenters. The fourth-order valence-electron chi connectivity index (χ4n) is 2.78. The Labute approximate surface area is 185 Å². The maximum atomic E-state index is 14.3. The molecule has 14 heteroatoms. The van der Waals surface area contributed by atoms with Gasteiger partial charge in [-0.1, -0.05) is 6.07 Å². The van der Waals surface area contributed by atoms with Crippen LogP contribution in [0.15, 0.2) is 30.3 Å². The molecular formula is C18H9F11INO. The molecule has 2 aromatic carbocycles. The lowest BCUT2D eigenvalue weighted by Gasteiger charge is -2.31. The van der Waals surface area contributed by atoms with E-state index in [1.165, 1.54) is 0 Å². The second-order valence-electron chi connectivity index (χ2n) is 6.44. The Morgan fingerprint density at radius 3 is 1.91 bits per heavy atom. The Bertz CT molecular complexity index is 1030. The van der Waals surface area contributed by atoms with Gasteiger partial charge < -0.3 is 5.73 Å². The fourth-order valence-corrected chi connectivity index (χ4v) is 3.59. The number of hydrogen-bond donors (Lipinski definition) is 1. The number of alkyl halides is 10. The van der Waals surface area contributed by atoms with Crippen LogP contribution in [-0.2, 0) is 18.3 Å². The van der Waals surface area contributed by atoms with Crippen LogP contribution in [0.4, 0.5) is 54.0 Å². The van der Waals surface area contributed by atoms with Gasteiger partial charge in [0.2, 0.25) is 0 Å². The monoisotopic (exact) mass is 591 g/mol. The smallest absolute Gasteiger partial charge is 0.396 e. The van der Waals surface area contributed by atoms with Gasteiger partial charge >= 0.3 is 24.2 Å². The highest BCUT2D eigenvalue weighted by molar-refractivity contribution is 14.1. The molecule has 176 valence electrons. The number of rotatable bonds is 4. The maximum absolute atomic E-state index is 14.3. The molecule has 32 heavy (non-hydrogen) atoms. The van der Waals surface area contributed by atoms with Crippen LogP contribution in [0.25, 0.3) is 0 Å². The van der Waals surface area contributed by atoms with Crippen molar-refractivity contribution in [3.05, 3.63) is 62.0 Å². The Hall–Kier alpha value is -2.13. The van der Waals surface area contributed by atoms with Gasteiger partial charge in [0, 0.05) is 15.6 Å². The molecule has 0 aliphatic rings. The molecule has 0 amide bonds. The average molecular weight is 591 g/mol. The summed E-state index contributed by atoms with van der Waals surface area (Å²) in [6, 6.07) is 2.29. The summed E-state index contributed by atoms with van der Waals surface area (Å²) in [5, 5.41) is 0. The van der Waals surface area contributed by atoms with Crippen molar-refractivity contribution in [2.45, 2.75) is 30.6 Å². The zero-order valence-electron chi connectivity index (χ0n) is 15.1. The third kappa shape index (κ3) is 4.64. The zero-order valence-corrected chi connectivity index (χ0v) is 17.3. The average Bonchev–Trinajstić information content (AvgIpc) is 2.61. The molecule has 2 nitrogen and oxygen atoms in total. The zero-order chi connectivity index (χ0) is 24.9. The molecule has 0 spiro atoms. The van der Waals surface area contributed by atoms with Crippen molar-refractivity contribution in [2.24, 2.45) is 0 Å². The minimum Gasteiger partial charge on any atom is -0.396 e. The molecule has 2 N–H and O–H groups in total. The predicted octanol–water partition coefficient (Wildman–Crippen LogP) is 6.75. The van der Waals surface area contributed by atoms with Crippen LogP contribution in [0.2, 0.25) is 0 Å². The largest absolute Gasteiger partial charge is 0.435 e. The van der Waals surface area contributed by atoms with Gasteiger partial charge in [-0.25, -0.2) is 8.78 Å². The van der Waals surface area contributed by atoms with Crippen molar-refractivity contribution in [2.75, 3.05) is 5.73 Å². The van der Waals surface area contributed by atoms with Gasteiger partial charge in [-0.3, -0.25) is 4.79 Å². The normalized spacial score (nSPS) is 13.4. The van der Waals surface area contributed by atoms with Gasteiger partial charge in [0.25, 0.3) is 0 Å². The highest BCUT2D eigenvalue weighted by Crippen LogP contribution is 2.54. The SMILES string of the molecule is Nc1cccc(C(=O)Cc2c(I)cc(C(F)(C(F)(F)F)C(F)(F)F)cc2C(F)(F)F)c1F. The van der Waals surface area contributed by atoms with Crippen molar-refractivity contribution in [1.29, 1.82) is 0 Å². The first-order valence-corrected chi connectivity index (χ1v) is 9.20. The van der Waals surface area contributed by atoms with Crippen molar-refractivity contribution >= 4 is 34.1 Å². The number of ketones is 1. The van der Waals surface area contributed by atoms with Gasteiger partial charge in [-0.15, -0.1) is 0 Å². The highest BCUT2D eigenvalue weighted by Gasteiger charge is 2.73. The van der Waals surface area contributed by atoms with Gasteiger partial charge in [0.15, 0.2) is 11.6 Å². The van der Waals surface area contributed by atoms with Crippen molar-refractivity contribution in [3.63, 3.8) is 0 Å². The molecule has 0 saturated heterocycles. The van der Waals surface area contributed by atoms with E-state index < -0.39 is 79.8 Å². The lowest BCUT2D eigenvalue weighted by atomic mass is 9.89. The summed E-state index contributed by atoms with van der Waals surface area (Å²) >= 11 is 0.944. The number of Topliss-reactive ketones (excluding diaryl/α,β-unsaturated/α-hetero) is 1. The second kappa shape index (κ2) is 8.33. The molecular weight excluding hydrogens is 582 g/mol. The first kappa shape index (κ1) is 26.1. The van der Waals surface area contributed by atoms with Gasteiger partial charge in [0.05, 0.1) is 16.8 Å². The first-order valence-electron chi connectivity index (χ1n) is 8.12. The maximum Gasteiger partial charge on any atom is 0.435 e. The van der Waals surface area contributed by atoms with E-state index in [4.69, 9.17) is 5.73 Å².